The molecule has 0 aliphatic heterocycles. The summed E-state index contributed by atoms with van der Waals surface area (Å²) in [5.74, 6) is 0.832. The van der Waals surface area contributed by atoms with Crippen LogP contribution in [0.4, 0.5) is 0 Å². The number of benzene rings is 1. The van der Waals surface area contributed by atoms with Gasteiger partial charge in [0.25, 0.3) is 0 Å². The molecule has 1 aromatic carbocycles. The predicted molar refractivity (Wildman–Crippen MR) is 52.0 cm³/mol. The zero-order valence-corrected chi connectivity index (χ0v) is 7.82. The molecule has 70 valence electrons. The van der Waals surface area contributed by atoms with Gasteiger partial charge in [0.2, 0.25) is 0 Å². The van der Waals surface area contributed by atoms with Gasteiger partial charge in [-0.25, -0.2) is 0 Å². The molecule has 1 aromatic rings. The van der Waals surface area contributed by atoms with E-state index in [1.165, 1.54) is 5.56 Å². The molecule has 0 unspecified atom stereocenters. The lowest BCUT2D eigenvalue weighted by molar-refractivity contribution is -0.108. The zero-order valence-electron chi connectivity index (χ0n) is 7.82. The van der Waals surface area contributed by atoms with Crippen molar-refractivity contribution in [1.29, 1.82) is 0 Å². The lowest BCUT2D eigenvalue weighted by Crippen LogP contribution is -1.97. The van der Waals surface area contributed by atoms with Crippen LogP contribution >= 0.6 is 0 Å². The Bertz CT molecular complexity index is 251. The summed E-state index contributed by atoms with van der Waals surface area (Å²) in [5, 5.41) is 0. The predicted octanol–water partition coefficient (Wildman–Crippen LogP) is 2.22. The fraction of sp³-hybridized carbons (Fsp3) is 0.364. The third-order valence-corrected chi connectivity index (χ3v) is 1.84. The Morgan fingerprint density at radius 1 is 1.31 bits per heavy atom. The molecule has 0 aromatic heterocycles. The molecule has 0 radical (unpaired) electrons. The van der Waals surface area contributed by atoms with Crippen LogP contribution in [0.2, 0.25) is 0 Å². The maximum Gasteiger partial charge on any atom is 0.123 e. The average Bonchev–Trinajstić information content (AvgIpc) is 2.19. The first kappa shape index (κ1) is 9.78. The fourth-order valence-corrected chi connectivity index (χ4v) is 1.05. The minimum absolute atomic E-state index is 0.454. The molecular weight excluding hydrogens is 164 g/mol. The standard InChI is InChI=1S/C11H14O2/c1-2-10-4-6-11(7-5-10)13-9-3-8-12/h4-8H,2-3,9H2,1H3. The second-order valence-corrected chi connectivity index (χ2v) is 2.80. The van der Waals surface area contributed by atoms with Crippen LogP contribution in [0.3, 0.4) is 0 Å². The van der Waals surface area contributed by atoms with Gasteiger partial charge < -0.3 is 9.53 Å². The van der Waals surface area contributed by atoms with E-state index in [9.17, 15) is 4.79 Å². The summed E-state index contributed by atoms with van der Waals surface area (Å²) in [7, 11) is 0. The first-order valence-electron chi connectivity index (χ1n) is 4.52. The Balaban J connectivity index is 2.44. The maximum absolute atomic E-state index is 10.0. The van der Waals surface area contributed by atoms with E-state index in [0.717, 1.165) is 18.5 Å². The van der Waals surface area contributed by atoms with Gasteiger partial charge in [0.15, 0.2) is 0 Å². The van der Waals surface area contributed by atoms with Crippen LogP contribution in [0.1, 0.15) is 18.9 Å². The van der Waals surface area contributed by atoms with Gasteiger partial charge >= 0.3 is 0 Å². The van der Waals surface area contributed by atoms with Gasteiger partial charge in [-0.15, -0.1) is 0 Å². The van der Waals surface area contributed by atoms with Gasteiger partial charge in [-0.2, -0.15) is 0 Å². The van der Waals surface area contributed by atoms with E-state index in [2.05, 4.69) is 6.92 Å². The molecule has 0 aliphatic rings. The number of hydrogen-bond donors (Lipinski definition) is 0. The van der Waals surface area contributed by atoms with E-state index in [0.29, 0.717) is 13.0 Å². The topological polar surface area (TPSA) is 26.3 Å². The van der Waals surface area contributed by atoms with E-state index in [1.807, 2.05) is 24.3 Å². The van der Waals surface area contributed by atoms with Crippen molar-refractivity contribution >= 4 is 6.29 Å². The Kier molecular flexibility index (Phi) is 4.03. The highest BCUT2D eigenvalue weighted by molar-refractivity contribution is 5.49. The number of hydrogen-bond acceptors (Lipinski definition) is 2. The molecule has 2 nitrogen and oxygen atoms in total. The highest BCUT2D eigenvalue weighted by Crippen LogP contribution is 2.12. The second-order valence-electron chi connectivity index (χ2n) is 2.80. The Hall–Kier alpha value is -1.31. The summed E-state index contributed by atoms with van der Waals surface area (Å²) in [5.41, 5.74) is 1.29. The third-order valence-electron chi connectivity index (χ3n) is 1.84. The molecule has 1 rings (SSSR count). The number of aryl methyl sites for hydroxylation is 1. The highest BCUT2D eigenvalue weighted by Gasteiger charge is 1.93. The first-order chi connectivity index (χ1) is 6.36. The van der Waals surface area contributed by atoms with Crippen molar-refractivity contribution in [1.82, 2.24) is 0 Å². The van der Waals surface area contributed by atoms with E-state index >= 15 is 0 Å². The van der Waals surface area contributed by atoms with Crippen molar-refractivity contribution in [2.75, 3.05) is 6.61 Å². The highest BCUT2D eigenvalue weighted by atomic mass is 16.5. The van der Waals surface area contributed by atoms with Crippen LogP contribution in [-0.4, -0.2) is 12.9 Å². The van der Waals surface area contributed by atoms with Crippen LogP contribution in [0, 0.1) is 0 Å². The lowest BCUT2D eigenvalue weighted by atomic mass is 10.2. The van der Waals surface area contributed by atoms with E-state index in [4.69, 9.17) is 4.74 Å². The van der Waals surface area contributed by atoms with Crippen LogP contribution in [-0.2, 0) is 11.2 Å². The van der Waals surface area contributed by atoms with Gasteiger partial charge in [0.1, 0.15) is 12.0 Å². The smallest absolute Gasteiger partial charge is 0.123 e. The van der Waals surface area contributed by atoms with E-state index < -0.39 is 0 Å². The molecule has 0 fully saturated rings. The Morgan fingerprint density at radius 2 is 2.00 bits per heavy atom. The van der Waals surface area contributed by atoms with Crippen molar-refractivity contribution in [3.05, 3.63) is 29.8 Å². The van der Waals surface area contributed by atoms with Crippen molar-refractivity contribution in [2.45, 2.75) is 19.8 Å². The number of rotatable bonds is 5. The van der Waals surface area contributed by atoms with Gasteiger partial charge in [-0.1, -0.05) is 19.1 Å². The molecule has 0 amide bonds. The third kappa shape index (κ3) is 3.28. The molecular formula is C11H14O2. The summed E-state index contributed by atoms with van der Waals surface area (Å²) in [6.45, 7) is 2.58. The first-order valence-corrected chi connectivity index (χ1v) is 4.52. The summed E-state index contributed by atoms with van der Waals surface area (Å²) in [6.07, 6.45) is 2.35. The summed E-state index contributed by atoms with van der Waals surface area (Å²) in [6, 6.07) is 7.94. The van der Waals surface area contributed by atoms with Gasteiger partial charge in [-0.3, -0.25) is 0 Å². The summed E-state index contributed by atoms with van der Waals surface area (Å²) < 4.78 is 5.31. The molecule has 0 heterocycles. The molecule has 0 saturated heterocycles. The fourth-order valence-electron chi connectivity index (χ4n) is 1.05. The number of carbonyl (C=O) groups is 1. The Labute approximate surface area is 78.5 Å². The maximum atomic E-state index is 10.0. The minimum atomic E-state index is 0.454. The minimum Gasteiger partial charge on any atom is -0.493 e. The zero-order chi connectivity index (χ0) is 9.52. The molecule has 0 spiro atoms. The van der Waals surface area contributed by atoms with Crippen LogP contribution in [0.5, 0.6) is 5.75 Å². The molecule has 0 saturated carbocycles. The van der Waals surface area contributed by atoms with Crippen LogP contribution < -0.4 is 4.74 Å². The molecule has 2 heteroatoms. The van der Waals surface area contributed by atoms with Crippen molar-refractivity contribution in [3.8, 4) is 5.75 Å². The molecule has 13 heavy (non-hydrogen) atoms. The van der Waals surface area contributed by atoms with Crippen molar-refractivity contribution < 1.29 is 9.53 Å². The average molecular weight is 178 g/mol. The quantitative estimate of drug-likeness (QED) is 0.510. The second kappa shape index (κ2) is 5.36. The summed E-state index contributed by atoms with van der Waals surface area (Å²) in [4.78, 5) is 10.0. The largest absolute Gasteiger partial charge is 0.493 e. The SMILES string of the molecule is CCc1ccc(OCCC=O)cc1. The molecule has 0 N–H and O–H groups in total. The van der Waals surface area contributed by atoms with Gasteiger partial charge in [-0.05, 0) is 24.1 Å². The van der Waals surface area contributed by atoms with Crippen molar-refractivity contribution in [2.24, 2.45) is 0 Å². The van der Waals surface area contributed by atoms with Gasteiger partial charge in [0, 0.05) is 6.42 Å². The van der Waals surface area contributed by atoms with Crippen LogP contribution in [0.25, 0.3) is 0 Å². The number of aldehydes is 1. The normalized spacial score (nSPS) is 9.62. The van der Waals surface area contributed by atoms with E-state index in [-0.39, 0.29) is 0 Å². The molecule has 0 aliphatic carbocycles. The van der Waals surface area contributed by atoms with E-state index in [1.54, 1.807) is 0 Å². The number of carbonyl (C=O) groups excluding carboxylic acids is 1. The Morgan fingerprint density at radius 3 is 2.54 bits per heavy atom. The number of ether oxygens (including phenoxy) is 1. The summed E-state index contributed by atoms with van der Waals surface area (Å²) >= 11 is 0. The van der Waals surface area contributed by atoms with Gasteiger partial charge in [0.05, 0.1) is 6.61 Å². The lowest BCUT2D eigenvalue weighted by Gasteiger charge is -2.03. The molecule has 0 atom stereocenters. The molecule has 0 bridgehead atoms. The van der Waals surface area contributed by atoms with Crippen molar-refractivity contribution in [3.63, 3.8) is 0 Å². The monoisotopic (exact) mass is 178 g/mol. The van der Waals surface area contributed by atoms with Crippen LogP contribution in [0.15, 0.2) is 24.3 Å².